The molecule has 2 aliphatic carbocycles. The molecule has 0 aliphatic heterocycles. The molecule has 0 heterocycles. The summed E-state index contributed by atoms with van der Waals surface area (Å²) in [5, 5.41) is 16.7. The van der Waals surface area contributed by atoms with Gasteiger partial charge in [0.2, 0.25) is 0 Å². The average molecular weight is 258 g/mol. The molecule has 1 aromatic rings. The Morgan fingerprint density at radius 2 is 1.79 bits per heavy atom. The van der Waals surface area contributed by atoms with E-state index in [4.69, 9.17) is 0 Å². The topological polar surface area (TPSA) is 44.6 Å². The van der Waals surface area contributed by atoms with Crippen molar-refractivity contribution < 1.29 is 5.21 Å². The molecule has 19 heavy (non-hydrogen) atoms. The Labute approximate surface area is 114 Å². The van der Waals surface area contributed by atoms with Crippen molar-refractivity contribution in [3.05, 3.63) is 35.4 Å². The summed E-state index contributed by atoms with van der Waals surface area (Å²) in [5.41, 5.74) is 3.45. The Bertz CT molecular complexity index is 477. The lowest BCUT2D eigenvalue weighted by Crippen LogP contribution is -2.37. The Morgan fingerprint density at radius 3 is 2.47 bits per heavy atom. The Hall–Kier alpha value is -1.35. The van der Waals surface area contributed by atoms with Gasteiger partial charge in [-0.15, -0.1) is 0 Å². The number of nitrogens with one attached hydrogen (secondary N) is 1. The lowest BCUT2D eigenvalue weighted by atomic mass is 9.94. The van der Waals surface area contributed by atoms with Crippen LogP contribution in [0.25, 0.3) is 0 Å². The standard InChI is InChI=1S/C16H22N2O/c1-11-13-9-5-6-10-14(13)16(15(11)18-19)17-12-7-3-2-4-8-12/h5-6,9-12,16-17,19H,2-4,7-8H2,1H3. The summed E-state index contributed by atoms with van der Waals surface area (Å²) in [6.07, 6.45) is 6.47. The highest BCUT2D eigenvalue weighted by Gasteiger charge is 2.36. The van der Waals surface area contributed by atoms with Gasteiger partial charge in [0.15, 0.2) is 0 Å². The first-order valence-corrected chi connectivity index (χ1v) is 7.38. The van der Waals surface area contributed by atoms with Gasteiger partial charge >= 0.3 is 0 Å². The second-order valence-electron chi connectivity index (χ2n) is 5.81. The number of rotatable bonds is 2. The van der Waals surface area contributed by atoms with Crippen molar-refractivity contribution >= 4 is 5.71 Å². The Kier molecular flexibility index (Phi) is 3.56. The third kappa shape index (κ3) is 2.27. The van der Waals surface area contributed by atoms with Gasteiger partial charge in [0, 0.05) is 12.0 Å². The van der Waals surface area contributed by atoms with Crippen LogP contribution in [0.2, 0.25) is 0 Å². The monoisotopic (exact) mass is 258 g/mol. The van der Waals surface area contributed by atoms with Crippen LogP contribution < -0.4 is 5.32 Å². The van der Waals surface area contributed by atoms with Crippen LogP contribution in [0.3, 0.4) is 0 Å². The van der Waals surface area contributed by atoms with E-state index in [0.717, 1.165) is 5.71 Å². The number of nitrogens with zero attached hydrogens (tertiary/aromatic N) is 1. The molecule has 2 N–H and O–H groups in total. The van der Waals surface area contributed by atoms with Crippen molar-refractivity contribution in [2.75, 3.05) is 0 Å². The number of hydrogen-bond donors (Lipinski definition) is 2. The lowest BCUT2D eigenvalue weighted by molar-refractivity contribution is 0.310. The molecule has 0 radical (unpaired) electrons. The van der Waals surface area contributed by atoms with E-state index in [2.05, 4.69) is 41.7 Å². The second-order valence-corrected chi connectivity index (χ2v) is 5.81. The molecule has 0 amide bonds. The fourth-order valence-electron chi connectivity index (χ4n) is 3.56. The molecule has 102 valence electrons. The van der Waals surface area contributed by atoms with Crippen LogP contribution in [-0.2, 0) is 0 Å². The van der Waals surface area contributed by atoms with Gasteiger partial charge in [-0.3, -0.25) is 0 Å². The van der Waals surface area contributed by atoms with E-state index in [-0.39, 0.29) is 12.0 Å². The normalized spacial score (nSPS) is 29.6. The molecule has 3 heteroatoms. The van der Waals surface area contributed by atoms with Crippen molar-refractivity contribution in [2.24, 2.45) is 5.16 Å². The molecular formula is C16H22N2O. The molecule has 2 atom stereocenters. The van der Waals surface area contributed by atoms with Gasteiger partial charge in [-0.05, 0) is 24.0 Å². The quantitative estimate of drug-likeness (QED) is 0.629. The lowest BCUT2D eigenvalue weighted by Gasteiger charge is -2.27. The summed E-state index contributed by atoms with van der Waals surface area (Å²) in [6.45, 7) is 2.12. The van der Waals surface area contributed by atoms with Gasteiger partial charge in [-0.25, -0.2) is 0 Å². The van der Waals surface area contributed by atoms with Crippen LogP contribution in [0.1, 0.15) is 62.1 Å². The molecule has 1 fully saturated rings. The van der Waals surface area contributed by atoms with Gasteiger partial charge in [0.25, 0.3) is 0 Å². The maximum atomic E-state index is 9.36. The van der Waals surface area contributed by atoms with Crippen molar-refractivity contribution in [1.82, 2.24) is 5.32 Å². The third-order valence-corrected chi connectivity index (χ3v) is 4.64. The summed E-state index contributed by atoms with van der Waals surface area (Å²) < 4.78 is 0. The molecule has 2 unspecified atom stereocenters. The minimum Gasteiger partial charge on any atom is -0.411 e. The van der Waals surface area contributed by atoms with Crippen molar-refractivity contribution in [3.8, 4) is 0 Å². The Balaban J connectivity index is 1.86. The fourth-order valence-corrected chi connectivity index (χ4v) is 3.56. The number of oxime groups is 1. The predicted octanol–water partition coefficient (Wildman–Crippen LogP) is 3.60. The Morgan fingerprint density at radius 1 is 1.11 bits per heavy atom. The van der Waals surface area contributed by atoms with E-state index >= 15 is 0 Å². The first kappa shape index (κ1) is 12.7. The smallest absolute Gasteiger partial charge is 0.0857 e. The summed E-state index contributed by atoms with van der Waals surface area (Å²) in [6, 6.07) is 9.10. The van der Waals surface area contributed by atoms with Crippen molar-refractivity contribution in [1.29, 1.82) is 0 Å². The maximum absolute atomic E-state index is 9.36. The van der Waals surface area contributed by atoms with Gasteiger partial charge in [-0.2, -0.15) is 0 Å². The minimum atomic E-state index is 0.0966. The number of benzene rings is 1. The highest BCUT2D eigenvalue weighted by atomic mass is 16.4. The highest BCUT2D eigenvalue weighted by molar-refractivity contribution is 6.00. The third-order valence-electron chi connectivity index (χ3n) is 4.64. The highest BCUT2D eigenvalue weighted by Crippen LogP contribution is 2.38. The zero-order chi connectivity index (χ0) is 13.2. The van der Waals surface area contributed by atoms with Gasteiger partial charge < -0.3 is 10.5 Å². The molecule has 0 bridgehead atoms. The largest absolute Gasteiger partial charge is 0.411 e. The van der Waals surface area contributed by atoms with E-state index in [1.54, 1.807) is 0 Å². The molecular weight excluding hydrogens is 236 g/mol. The summed E-state index contributed by atoms with van der Waals surface area (Å²) >= 11 is 0. The summed E-state index contributed by atoms with van der Waals surface area (Å²) in [5.74, 6) is 0.210. The second kappa shape index (κ2) is 5.33. The SMILES string of the molecule is CC1C(=NO)C(NC2CCCCC2)c2ccccc21. The molecule has 2 aliphatic rings. The van der Waals surface area contributed by atoms with E-state index in [9.17, 15) is 5.21 Å². The first-order chi connectivity index (χ1) is 9.31. The van der Waals surface area contributed by atoms with Crippen molar-refractivity contribution in [3.63, 3.8) is 0 Å². The number of fused-ring (bicyclic) bond motifs is 1. The van der Waals surface area contributed by atoms with E-state index in [1.165, 1.54) is 43.2 Å². The maximum Gasteiger partial charge on any atom is 0.0857 e. The van der Waals surface area contributed by atoms with Gasteiger partial charge in [0.05, 0.1) is 11.8 Å². The summed E-state index contributed by atoms with van der Waals surface area (Å²) in [4.78, 5) is 0. The zero-order valence-corrected chi connectivity index (χ0v) is 11.5. The van der Waals surface area contributed by atoms with Gasteiger partial charge in [0.1, 0.15) is 0 Å². The van der Waals surface area contributed by atoms with Crippen molar-refractivity contribution in [2.45, 2.75) is 57.0 Å². The average Bonchev–Trinajstić information content (AvgIpc) is 2.73. The van der Waals surface area contributed by atoms with Crippen LogP contribution in [0.4, 0.5) is 0 Å². The predicted molar refractivity (Wildman–Crippen MR) is 76.8 cm³/mol. The molecule has 1 saturated carbocycles. The number of hydrogen-bond acceptors (Lipinski definition) is 3. The van der Waals surface area contributed by atoms with Crippen LogP contribution >= 0.6 is 0 Å². The molecule has 0 saturated heterocycles. The molecule has 3 rings (SSSR count). The molecule has 3 nitrogen and oxygen atoms in total. The van der Waals surface area contributed by atoms with Crippen LogP contribution in [0.15, 0.2) is 29.4 Å². The van der Waals surface area contributed by atoms with Gasteiger partial charge in [-0.1, -0.05) is 55.6 Å². The van der Waals surface area contributed by atoms with Crippen LogP contribution in [0, 0.1) is 0 Å². The fraction of sp³-hybridized carbons (Fsp3) is 0.562. The minimum absolute atomic E-state index is 0.0966. The zero-order valence-electron chi connectivity index (χ0n) is 11.5. The van der Waals surface area contributed by atoms with E-state index in [1.807, 2.05) is 0 Å². The van der Waals surface area contributed by atoms with E-state index < -0.39 is 0 Å². The summed E-state index contributed by atoms with van der Waals surface area (Å²) in [7, 11) is 0. The molecule has 0 aromatic heterocycles. The van der Waals surface area contributed by atoms with E-state index in [0.29, 0.717) is 6.04 Å². The van der Waals surface area contributed by atoms with Crippen LogP contribution in [-0.4, -0.2) is 17.0 Å². The molecule has 0 spiro atoms. The van der Waals surface area contributed by atoms with Crippen LogP contribution in [0.5, 0.6) is 0 Å². The molecule has 1 aromatic carbocycles. The first-order valence-electron chi connectivity index (χ1n) is 7.38.